The van der Waals surface area contributed by atoms with Gasteiger partial charge in [0.15, 0.2) is 0 Å². The summed E-state index contributed by atoms with van der Waals surface area (Å²) in [5, 5.41) is 0.595. The number of nitrogens with one attached hydrogen (secondary N) is 1. The van der Waals surface area contributed by atoms with Crippen molar-refractivity contribution in [1.29, 1.82) is 0 Å². The van der Waals surface area contributed by atoms with E-state index < -0.39 is 11.9 Å². The van der Waals surface area contributed by atoms with Gasteiger partial charge in [0.05, 0.1) is 0 Å². The van der Waals surface area contributed by atoms with Crippen LogP contribution in [-0.4, -0.2) is 4.98 Å². The predicted octanol–water partition coefficient (Wildman–Crippen LogP) is 4.87. The van der Waals surface area contributed by atoms with Crippen molar-refractivity contribution < 1.29 is 13.2 Å². The molecule has 0 amide bonds. The first kappa shape index (κ1) is 13.0. The summed E-state index contributed by atoms with van der Waals surface area (Å²) in [5.41, 5.74) is 0.871. The van der Waals surface area contributed by atoms with Crippen LogP contribution in [0.25, 0.3) is 10.9 Å². The van der Waals surface area contributed by atoms with Gasteiger partial charge in [0.25, 0.3) is 0 Å². The van der Waals surface area contributed by atoms with Gasteiger partial charge < -0.3 is 4.98 Å². The van der Waals surface area contributed by atoms with E-state index in [-0.39, 0.29) is 5.41 Å². The average molecular weight is 255 g/mol. The second-order valence-corrected chi connectivity index (χ2v) is 5.22. The lowest BCUT2D eigenvalue weighted by atomic mass is 9.82. The number of H-pyrrole nitrogens is 1. The van der Waals surface area contributed by atoms with Crippen LogP contribution in [0.4, 0.5) is 13.2 Å². The summed E-state index contributed by atoms with van der Waals surface area (Å²) < 4.78 is 37.8. The van der Waals surface area contributed by atoms with Gasteiger partial charge >= 0.3 is 6.18 Å². The van der Waals surface area contributed by atoms with E-state index in [1.165, 1.54) is 0 Å². The molecular formula is C14H16F3N. The quantitative estimate of drug-likeness (QED) is 0.787. The highest BCUT2D eigenvalue weighted by atomic mass is 19.4. The fourth-order valence-electron chi connectivity index (χ4n) is 1.90. The molecule has 0 atom stereocenters. The summed E-state index contributed by atoms with van der Waals surface area (Å²) >= 11 is 0. The second kappa shape index (κ2) is 4.04. The fourth-order valence-corrected chi connectivity index (χ4v) is 1.90. The molecule has 0 spiro atoms. The highest BCUT2D eigenvalue weighted by molar-refractivity contribution is 5.81. The number of alkyl halides is 3. The van der Waals surface area contributed by atoms with E-state index in [4.69, 9.17) is 0 Å². The molecule has 0 radical (unpaired) electrons. The third-order valence-electron chi connectivity index (χ3n) is 3.59. The first-order valence-corrected chi connectivity index (χ1v) is 5.94. The van der Waals surface area contributed by atoms with E-state index >= 15 is 0 Å². The standard InChI is InChI=1S/C14H16F3N/c1-4-13(2,3)10-6-5-9-7-12(14(15,16)17)18-11(9)8-10/h5-8,18H,4H2,1-3H3. The molecule has 0 aliphatic carbocycles. The maximum Gasteiger partial charge on any atom is 0.431 e. The van der Waals surface area contributed by atoms with E-state index in [0.717, 1.165) is 18.1 Å². The summed E-state index contributed by atoms with van der Waals surface area (Å²) in [7, 11) is 0. The molecule has 18 heavy (non-hydrogen) atoms. The molecule has 0 fully saturated rings. The molecule has 98 valence electrons. The first-order valence-electron chi connectivity index (χ1n) is 5.94. The van der Waals surface area contributed by atoms with Crippen LogP contribution in [0.1, 0.15) is 38.4 Å². The molecule has 4 heteroatoms. The Hall–Kier alpha value is -1.45. The molecular weight excluding hydrogens is 239 g/mol. The molecule has 0 saturated carbocycles. The Balaban J connectivity index is 2.53. The van der Waals surface area contributed by atoms with Crippen LogP contribution >= 0.6 is 0 Å². The minimum atomic E-state index is -4.32. The van der Waals surface area contributed by atoms with Crippen LogP contribution in [0, 0.1) is 0 Å². The molecule has 2 aromatic rings. The Morgan fingerprint density at radius 2 is 1.78 bits per heavy atom. The van der Waals surface area contributed by atoms with Crippen LogP contribution in [0.2, 0.25) is 0 Å². The summed E-state index contributed by atoms with van der Waals surface area (Å²) in [4.78, 5) is 2.45. The van der Waals surface area contributed by atoms with Gasteiger partial charge in [-0.15, -0.1) is 0 Å². The Kier molecular flexibility index (Phi) is 2.92. The van der Waals surface area contributed by atoms with Crippen LogP contribution in [0.3, 0.4) is 0 Å². The van der Waals surface area contributed by atoms with Gasteiger partial charge in [0.1, 0.15) is 5.69 Å². The van der Waals surface area contributed by atoms with Crippen molar-refractivity contribution in [2.75, 3.05) is 0 Å². The highest BCUT2D eigenvalue weighted by Gasteiger charge is 2.32. The molecule has 1 aromatic carbocycles. The molecule has 0 bridgehead atoms. The topological polar surface area (TPSA) is 15.8 Å². The minimum Gasteiger partial charge on any atom is -0.351 e. The van der Waals surface area contributed by atoms with E-state index in [1.807, 2.05) is 12.1 Å². The molecule has 1 N–H and O–H groups in total. The SMILES string of the molecule is CCC(C)(C)c1ccc2cc(C(F)(F)F)[nH]c2c1. The lowest BCUT2D eigenvalue weighted by Crippen LogP contribution is -2.15. The number of halogens is 3. The van der Waals surface area contributed by atoms with Gasteiger partial charge in [-0.3, -0.25) is 0 Å². The zero-order valence-electron chi connectivity index (χ0n) is 10.7. The fraction of sp³-hybridized carbons (Fsp3) is 0.429. The molecule has 1 nitrogen and oxygen atoms in total. The summed E-state index contributed by atoms with van der Waals surface area (Å²) in [5.74, 6) is 0. The maximum absolute atomic E-state index is 12.6. The lowest BCUT2D eigenvalue weighted by Gasteiger charge is -2.23. The Bertz CT molecular complexity index is 564. The zero-order chi connectivity index (χ0) is 13.6. The van der Waals surface area contributed by atoms with Gasteiger partial charge in [0, 0.05) is 10.9 Å². The summed E-state index contributed by atoms with van der Waals surface area (Å²) in [6, 6.07) is 6.61. The van der Waals surface area contributed by atoms with Crippen LogP contribution < -0.4 is 0 Å². The molecule has 1 aromatic heterocycles. The third kappa shape index (κ3) is 2.24. The zero-order valence-corrected chi connectivity index (χ0v) is 10.7. The smallest absolute Gasteiger partial charge is 0.351 e. The van der Waals surface area contributed by atoms with Crippen LogP contribution in [0.5, 0.6) is 0 Å². The summed E-state index contributed by atoms with van der Waals surface area (Å²) in [6.07, 6.45) is -3.38. The molecule has 0 aliphatic rings. The largest absolute Gasteiger partial charge is 0.431 e. The van der Waals surface area contributed by atoms with Crippen molar-refractivity contribution in [1.82, 2.24) is 4.98 Å². The first-order chi connectivity index (χ1) is 8.24. The molecule has 1 heterocycles. The monoisotopic (exact) mass is 255 g/mol. The van der Waals surface area contributed by atoms with Crippen molar-refractivity contribution in [3.8, 4) is 0 Å². The van der Waals surface area contributed by atoms with Crippen LogP contribution in [0.15, 0.2) is 24.3 Å². The average Bonchev–Trinajstić information content (AvgIpc) is 2.71. The Morgan fingerprint density at radius 3 is 2.33 bits per heavy atom. The lowest BCUT2D eigenvalue weighted by molar-refractivity contribution is -0.140. The van der Waals surface area contributed by atoms with E-state index in [2.05, 4.69) is 25.8 Å². The maximum atomic E-state index is 12.6. The van der Waals surface area contributed by atoms with E-state index in [9.17, 15) is 13.2 Å². The number of rotatable bonds is 2. The summed E-state index contributed by atoms with van der Waals surface area (Å²) in [6.45, 7) is 6.24. The highest BCUT2D eigenvalue weighted by Crippen LogP contribution is 2.33. The van der Waals surface area contributed by atoms with Crippen molar-refractivity contribution in [2.45, 2.75) is 38.8 Å². The number of aromatic nitrogens is 1. The molecule has 0 unspecified atom stereocenters. The van der Waals surface area contributed by atoms with E-state index in [1.54, 1.807) is 6.07 Å². The van der Waals surface area contributed by atoms with Gasteiger partial charge in [-0.25, -0.2) is 0 Å². The van der Waals surface area contributed by atoms with Crippen molar-refractivity contribution in [3.63, 3.8) is 0 Å². The van der Waals surface area contributed by atoms with Crippen molar-refractivity contribution >= 4 is 10.9 Å². The number of fused-ring (bicyclic) bond motifs is 1. The van der Waals surface area contributed by atoms with Crippen molar-refractivity contribution in [2.24, 2.45) is 0 Å². The molecule has 0 saturated heterocycles. The second-order valence-electron chi connectivity index (χ2n) is 5.22. The number of benzene rings is 1. The predicted molar refractivity (Wildman–Crippen MR) is 66.6 cm³/mol. The Labute approximate surface area is 104 Å². The number of hydrogen-bond donors (Lipinski definition) is 1. The van der Waals surface area contributed by atoms with Gasteiger partial charge in [-0.05, 0) is 29.5 Å². The van der Waals surface area contributed by atoms with Gasteiger partial charge in [0.2, 0.25) is 0 Å². The molecule has 2 rings (SSSR count). The van der Waals surface area contributed by atoms with Gasteiger partial charge in [-0.2, -0.15) is 13.2 Å². The minimum absolute atomic E-state index is 0.0301. The van der Waals surface area contributed by atoms with Gasteiger partial charge in [-0.1, -0.05) is 32.9 Å². The van der Waals surface area contributed by atoms with E-state index in [0.29, 0.717) is 10.9 Å². The number of aromatic amines is 1. The number of hydrogen-bond acceptors (Lipinski definition) is 0. The molecule has 0 aliphatic heterocycles. The normalized spacial score (nSPS) is 13.2. The Morgan fingerprint density at radius 1 is 1.11 bits per heavy atom. The van der Waals surface area contributed by atoms with Crippen LogP contribution in [-0.2, 0) is 11.6 Å². The van der Waals surface area contributed by atoms with Crippen molar-refractivity contribution in [3.05, 3.63) is 35.5 Å². The third-order valence-corrected chi connectivity index (χ3v) is 3.59.